The summed E-state index contributed by atoms with van der Waals surface area (Å²) < 4.78 is 0. The summed E-state index contributed by atoms with van der Waals surface area (Å²) in [5, 5.41) is 11.3. The molecule has 0 bridgehead atoms. The van der Waals surface area contributed by atoms with Crippen LogP contribution >= 0.6 is 0 Å². The Morgan fingerprint density at radius 2 is 2.19 bits per heavy atom. The Morgan fingerprint density at radius 3 is 2.81 bits per heavy atom. The summed E-state index contributed by atoms with van der Waals surface area (Å²) >= 11 is 0. The number of rotatable bonds is 6. The van der Waals surface area contributed by atoms with Crippen LogP contribution in [-0.2, 0) is 11.2 Å². The molecule has 3 N–H and O–H groups in total. The quantitative estimate of drug-likeness (QED) is 0.683. The van der Waals surface area contributed by atoms with Crippen molar-refractivity contribution in [1.29, 1.82) is 0 Å². The van der Waals surface area contributed by atoms with Gasteiger partial charge in [-0.1, -0.05) is 6.07 Å². The van der Waals surface area contributed by atoms with E-state index in [1.165, 1.54) is 12.3 Å². The summed E-state index contributed by atoms with van der Waals surface area (Å²) in [6.45, 7) is 0.476. The maximum Gasteiger partial charge on any atom is 0.328 e. The number of carbonyl (C=O) groups excluding carboxylic acids is 1. The minimum Gasteiger partial charge on any atom is -0.478 e. The number of hydrogen-bond acceptors (Lipinski definition) is 4. The summed E-state index contributed by atoms with van der Waals surface area (Å²) in [5.74, 6) is -1.31. The first-order chi connectivity index (χ1) is 10.1. The lowest BCUT2D eigenvalue weighted by molar-refractivity contribution is -0.131. The molecule has 0 aliphatic heterocycles. The van der Waals surface area contributed by atoms with Gasteiger partial charge >= 0.3 is 5.97 Å². The fourth-order valence-electron chi connectivity index (χ4n) is 1.63. The van der Waals surface area contributed by atoms with Gasteiger partial charge in [0.1, 0.15) is 5.69 Å². The molecule has 0 aliphatic rings. The summed E-state index contributed by atoms with van der Waals surface area (Å²) in [6.07, 6.45) is 7.82. The van der Waals surface area contributed by atoms with Crippen LogP contribution in [0.15, 0.2) is 36.9 Å². The number of imidazole rings is 1. The first kappa shape index (κ1) is 14.4. The molecule has 0 unspecified atom stereocenters. The number of carboxylic acid groups (broad SMARTS) is 1. The van der Waals surface area contributed by atoms with Gasteiger partial charge in [-0.05, 0) is 17.7 Å². The van der Waals surface area contributed by atoms with Crippen LogP contribution in [0.2, 0.25) is 0 Å². The lowest BCUT2D eigenvalue weighted by Crippen LogP contribution is -2.26. The number of aromatic amines is 1. The maximum absolute atomic E-state index is 11.8. The molecule has 2 aromatic rings. The maximum atomic E-state index is 11.8. The number of H-pyrrole nitrogens is 1. The van der Waals surface area contributed by atoms with Crippen molar-refractivity contribution in [3.8, 4) is 0 Å². The smallest absolute Gasteiger partial charge is 0.328 e. The van der Waals surface area contributed by atoms with Crippen molar-refractivity contribution in [2.75, 3.05) is 6.54 Å². The van der Waals surface area contributed by atoms with E-state index in [1.807, 2.05) is 0 Å². The lowest BCUT2D eigenvalue weighted by Gasteiger charge is -2.03. The Morgan fingerprint density at radius 1 is 1.33 bits per heavy atom. The van der Waals surface area contributed by atoms with Gasteiger partial charge in [0.2, 0.25) is 0 Å². The molecule has 108 valence electrons. The molecule has 0 spiro atoms. The summed E-state index contributed by atoms with van der Waals surface area (Å²) in [5.41, 5.74) is 1.84. The zero-order chi connectivity index (χ0) is 15.1. The van der Waals surface area contributed by atoms with Gasteiger partial charge in [-0.3, -0.25) is 9.78 Å². The third-order valence-corrected chi connectivity index (χ3v) is 2.67. The zero-order valence-electron chi connectivity index (χ0n) is 11.1. The minimum atomic E-state index is -1.03. The first-order valence-electron chi connectivity index (χ1n) is 6.27. The van der Waals surface area contributed by atoms with Crippen LogP contribution in [-0.4, -0.2) is 38.5 Å². The largest absolute Gasteiger partial charge is 0.478 e. The summed E-state index contributed by atoms with van der Waals surface area (Å²) in [7, 11) is 0. The van der Waals surface area contributed by atoms with Crippen LogP contribution in [0, 0.1) is 0 Å². The molecule has 7 heteroatoms. The second kappa shape index (κ2) is 6.99. The molecule has 0 saturated heterocycles. The molecule has 2 rings (SSSR count). The number of amides is 1. The van der Waals surface area contributed by atoms with Gasteiger partial charge < -0.3 is 15.4 Å². The molecule has 7 nitrogen and oxygen atoms in total. The van der Waals surface area contributed by atoms with Crippen molar-refractivity contribution in [2.45, 2.75) is 6.42 Å². The van der Waals surface area contributed by atoms with Crippen LogP contribution in [0.1, 0.15) is 21.7 Å². The van der Waals surface area contributed by atoms with E-state index in [0.717, 1.165) is 11.8 Å². The number of aliphatic carboxylic acids is 1. The van der Waals surface area contributed by atoms with Gasteiger partial charge in [-0.25, -0.2) is 9.78 Å². The van der Waals surface area contributed by atoms with E-state index in [9.17, 15) is 9.59 Å². The number of nitrogens with zero attached hydrogens (tertiary/aromatic N) is 2. The Labute approximate surface area is 120 Å². The van der Waals surface area contributed by atoms with Gasteiger partial charge in [0.15, 0.2) is 0 Å². The molecule has 1 amide bonds. The SMILES string of the molecule is O=C(O)C=Cc1ccc(C(=O)NCCc2cnc[nH]2)nc1. The van der Waals surface area contributed by atoms with E-state index in [0.29, 0.717) is 18.5 Å². The van der Waals surface area contributed by atoms with Crippen molar-refractivity contribution in [2.24, 2.45) is 0 Å². The van der Waals surface area contributed by atoms with Gasteiger partial charge in [-0.15, -0.1) is 0 Å². The molecule has 21 heavy (non-hydrogen) atoms. The molecule has 0 saturated carbocycles. The fourth-order valence-corrected chi connectivity index (χ4v) is 1.63. The van der Waals surface area contributed by atoms with Gasteiger partial charge in [0, 0.05) is 37.1 Å². The van der Waals surface area contributed by atoms with Crippen molar-refractivity contribution in [3.05, 3.63) is 53.9 Å². The number of carbonyl (C=O) groups is 2. The highest BCUT2D eigenvalue weighted by Gasteiger charge is 2.06. The third-order valence-electron chi connectivity index (χ3n) is 2.67. The van der Waals surface area contributed by atoms with E-state index in [-0.39, 0.29) is 11.6 Å². The predicted molar refractivity (Wildman–Crippen MR) is 75.5 cm³/mol. The molecule has 2 aromatic heterocycles. The Kier molecular flexibility index (Phi) is 4.81. The number of aromatic nitrogens is 3. The van der Waals surface area contributed by atoms with Crippen molar-refractivity contribution in [3.63, 3.8) is 0 Å². The Balaban J connectivity index is 1.86. The lowest BCUT2D eigenvalue weighted by atomic mass is 10.2. The summed E-state index contributed by atoms with van der Waals surface area (Å²) in [6, 6.07) is 3.18. The van der Waals surface area contributed by atoms with Crippen LogP contribution in [0.5, 0.6) is 0 Å². The van der Waals surface area contributed by atoms with E-state index in [2.05, 4.69) is 20.3 Å². The van der Waals surface area contributed by atoms with Crippen molar-refractivity contribution in [1.82, 2.24) is 20.3 Å². The monoisotopic (exact) mass is 286 g/mol. The number of nitrogens with one attached hydrogen (secondary N) is 2. The molecule has 0 aromatic carbocycles. The standard InChI is InChI=1S/C14H14N4O3/c19-13(20)4-2-10-1-3-12(17-7-10)14(21)16-6-5-11-8-15-9-18-11/h1-4,7-9H,5-6H2,(H,15,18)(H,16,21)(H,19,20). The normalized spacial score (nSPS) is 10.7. The van der Waals surface area contributed by atoms with Gasteiger partial charge in [-0.2, -0.15) is 0 Å². The Hall–Kier alpha value is -2.96. The number of carboxylic acids is 1. The van der Waals surface area contributed by atoms with Crippen LogP contribution in [0.3, 0.4) is 0 Å². The van der Waals surface area contributed by atoms with E-state index in [4.69, 9.17) is 5.11 Å². The molecule has 0 fully saturated rings. The predicted octanol–water partition coefficient (Wildman–Crippen LogP) is 0.875. The number of hydrogen-bond donors (Lipinski definition) is 3. The average molecular weight is 286 g/mol. The fraction of sp³-hybridized carbons (Fsp3) is 0.143. The van der Waals surface area contributed by atoms with Crippen molar-refractivity contribution < 1.29 is 14.7 Å². The second-order valence-electron chi connectivity index (χ2n) is 4.23. The first-order valence-corrected chi connectivity index (χ1v) is 6.27. The highest BCUT2D eigenvalue weighted by atomic mass is 16.4. The van der Waals surface area contributed by atoms with Crippen LogP contribution in [0.25, 0.3) is 6.08 Å². The van der Waals surface area contributed by atoms with Gasteiger partial charge in [0.25, 0.3) is 5.91 Å². The molecule has 2 heterocycles. The Bertz CT molecular complexity index is 633. The highest BCUT2D eigenvalue weighted by Crippen LogP contribution is 2.03. The summed E-state index contributed by atoms with van der Waals surface area (Å²) in [4.78, 5) is 33.1. The molecular weight excluding hydrogens is 272 g/mol. The van der Waals surface area contributed by atoms with E-state index < -0.39 is 5.97 Å². The topological polar surface area (TPSA) is 108 Å². The molecule has 0 aliphatic carbocycles. The molecule has 0 radical (unpaired) electrons. The van der Waals surface area contributed by atoms with Crippen LogP contribution < -0.4 is 5.32 Å². The average Bonchev–Trinajstić information content (AvgIpc) is 2.99. The van der Waals surface area contributed by atoms with E-state index >= 15 is 0 Å². The third kappa shape index (κ3) is 4.57. The van der Waals surface area contributed by atoms with E-state index in [1.54, 1.807) is 24.7 Å². The zero-order valence-corrected chi connectivity index (χ0v) is 11.1. The molecular formula is C14H14N4O3. The number of pyridine rings is 1. The molecule has 0 atom stereocenters. The van der Waals surface area contributed by atoms with Gasteiger partial charge in [0.05, 0.1) is 6.33 Å². The van der Waals surface area contributed by atoms with Crippen molar-refractivity contribution >= 4 is 18.0 Å². The minimum absolute atomic E-state index is 0.275. The highest BCUT2D eigenvalue weighted by molar-refractivity contribution is 5.92. The van der Waals surface area contributed by atoms with Crippen LogP contribution in [0.4, 0.5) is 0 Å². The second-order valence-corrected chi connectivity index (χ2v) is 4.23.